The number of aryl methyl sites for hydroxylation is 1. The maximum Gasteiger partial charge on any atom is 0.339 e. The summed E-state index contributed by atoms with van der Waals surface area (Å²) in [6.45, 7) is 1.90. The van der Waals surface area contributed by atoms with Crippen molar-refractivity contribution < 1.29 is 17.0 Å². The van der Waals surface area contributed by atoms with Gasteiger partial charge in [-0.3, -0.25) is 0 Å². The van der Waals surface area contributed by atoms with E-state index in [1.165, 1.54) is 23.5 Å². The lowest BCUT2D eigenvalue weighted by atomic mass is 10.2. The Hall–Kier alpha value is -1.96. The molecule has 2 aromatic carbocycles. The number of rotatable bonds is 4. The molecule has 0 fully saturated rings. The highest BCUT2D eigenvalue weighted by molar-refractivity contribution is 7.87. The lowest BCUT2D eigenvalue weighted by molar-refractivity contribution is 0.486. The number of aromatic nitrogens is 1. The third-order valence-electron chi connectivity index (χ3n) is 3.11. The van der Waals surface area contributed by atoms with Crippen LogP contribution in [-0.4, -0.2) is 13.4 Å². The quantitative estimate of drug-likeness (QED) is 0.614. The van der Waals surface area contributed by atoms with Crippen LogP contribution in [0, 0.1) is 12.7 Å². The number of hydrogen-bond acceptors (Lipinski definition) is 5. The van der Waals surface area contributed by atoms with Gasteiger partial charge < -0.3 is 4.18 Å². The molecule has 1 heterocycles. The highest BCUT2D eigenvalue weighted by atomic mass is 35.5. The van der Waals surface area contributed by atoms with Crippen molar-refractivity contribution in [2.75, 3.05) is 0 Å². The first-order chi connectivity index (χ1) is 11.3. The molecule has 0 radical (unpaired) electrons. The summed E-state index contributed by atoms with van der Waals surface area (Å²) in [6.07, 6.45) is 0. The molecule has 0 saturated heterocycles. The average Bonchev–Trinajstić information content (AvgIpc) is 2.97. The number of halogens is 2. The van der Waals surface area contributed by atoms with Crippen LogP contribution in [0.1, 0.15) is 5.69 Å². The molecular weight excluding hydrogens is 373 g/mol. The van der Waals surface area contributed by atoms with Crippen molar-refractivity contribution in [2.24, 2.45) is 0 Å². The molecule has 0 aliphatic heterocycles. The van der Waals surface area contributed by atoms with Gasteiger partial charge in [-0.2, -0.15) is 8.42 Å². The Morgan fingerprint density at radius 2 is 1.88 bits per heavy atom. The molecule has 0 N–H and O–H groups in total. The monoisotopic (exact) mass is 383 g/mol. The maximum atomic E-state index is 13.1. The fourth-order valence-electron chi connectivity index (χ4n) is 1.95. The van der Waals surface area contributed by atoms with Gasteiger partial charge in [0.05, 0.1) is 5.02 Å². The second kappa shape index (κ2) is 6.51. The van der Waals surface area contributed by atoms with Gasteiger partial charge in [0.25, 0.3) is 0 Å². The molecule has 0 atom stereocenters. The van der Waals surface area contributed by atoms with Crippen molar-refractivity contribution in [1.82, 2.24) is 4.98 Å². The molecule has 0 aliphatic carbocycles. The van der Waals surface area contributed by atoms with Gasteiger partial charge in [0.15, 0.2) is 0 Å². The van der Waals surface area contributed by atoms with Gasteiger partial charge in [-0.25, -0.2) is 9.37 Å². The molecule has 3 aromatic rings. The van der Waals surface area contributed by atoms with E-state index in [-0.39, 0.29) is 15.7 Å². The van der Waals surface area contributed by atoms with Gasteiger partial charge in [0, 0.05) is 16.6 Å². The minimum Gasteiger partial charge on any atom is -0.379 e. The van der Waals surface area contributed by atoms with Crippen LogP contribution in [0.3, 0.4) is 0 Å². The zero-order valence-corrected chi connectivity index (χ0v) is 14.8. The number of benzene rings is 2. The van der Waals surface area contributed by atoms with Crippen LogP contribution < -0.4 is 4.18 Å². The molecular formula is C16H11ClFNO3S2. The van der Waals surface area contributed by atoms with E-state index >= 15 is 0 Å². The van der Waals surface area contributed by atoms with Crippen LogP contribution in [-0.2, 0) is 10.1 Å². The van der Waals surface area contributed by atoms with Crippen molar-refractivity contribution in [3.8, 4) is 16.3 Å². The van der Waals surface area contributed by atoms with E-state index in [4.69, 9.17) is 15.8 Å². The number of nitrogens with zero attached hydrogens (tertiary/aromatic N) is 1. The SMILES string of the molecule is Cc1csc(-c2ccc(OS(=O)(=O)c3ccc(F)c(Cl)c3)cc2)n1. The van der Waals surface area contributed by atoms with Gasteiger partial charge in [0.2, 0.25) is 0 Å². The summed E-state index contributed by atoms with van der Waals surface area (Å²) >= 11 is 7.11. The number of hydrogen-bond donors (Lipinski definition) is 0. The molecule has 0 unspecified atom stereocenters. The zero-order valence-electron chi connectivity index (χ0n) is 12.4. The minimum absolute atomic E-state index is 0.146. The summed E-state index contributed by atoms with van der Waals surface area (Å²) < 4.78 is 42.6. The van der Waals surface area contributed by atoms with E-state index in [0.717, 1.165) is 34.5 Å². The summed E-state index contributed by atoms with van der Waals surface area (Å²) in [7, 11) is -4.09. The lowest BCUT2D eigenvalue weighted by Crippen LogP contribution is -2.09. The fourth-order valence-corrected chi connectivity index (χ4v) is 3.95. The van der Waals surface area contributed by atoms with Crippen LogP contribution in [0.15, 0.2) is 52.7 Å². The van der Waals surface area contributed by atoms with Gasteiger partial charge >= 0.3 is 10.1 Å². The molecule has 124 valence electrons. The predicted molar refractivity (Wildman–Crippen MR) is 91.5 cm³/mol. The van der Waals surface area contributed by atoms with Crippen molar-refractivity contribution >= 4 is 33.1 Å². The Morgan fingerprint density at radius 3 is 2.46 bits per heavy atom. The first kappa shape index (κ1) is 16.9. The van der Waals surface area contributed by atoms with Crippen molar-refractivity contribution in [1.29, 1.82) is 0 Å². The molecule has 0 spiro atoms. The highest BCUT2D eigenvalue weighted by Crippen LogP contribution is 2.27. The Bertz CT molecular complexity index is 985. The van der Waals surface area contributed by atoms with Crippen LogP contribution >= 0.6 is 22.9 Å². The van der Waals surface area contributed by atoms with Crippen LogP contribution in [0.5, 0.6) is 5.75 Å². The Kier molecular flexibility index (Phi) is 4.58. The molecule has 8 heteroatoms. The van der Waals surface area contributed by atoms with E-state index in [1.54, 1.807) is 12.1 Å². The van der Waals surface area contributed by atoms with Crippen molar-refractivity contribution in [3.05, 3.63) is 64.4 Å². The van der Waals surface area contributed by atoms with Crippen molar-refractivity contribution in [2.45, 2.75) is 11.8 Å². The first-order valence-electron chi connectivity index (χ1n) is 6.77. The third kappa shape index (κ3) is 3.58. The molecule has 0 amide bonds. The van der Waals surface area contributed by atoms with Crippen molar-refractivity contribution in [3.63, 3.8) is 0 Å². The smallest absolute Gasteiger partial charge is 0.339 e. The fraction of sp³-hybridized carbons (Fsp3) is 0.0625. The normalized spacial score (nSPS) is 11.5. The van der Waals surface area contributed by atoms with E-state index < -0.39 is 15.9 Å². The molecule has 1 aromatic heterocycles. The molecule has 3 rings (SSSR count). The van der Waals surface area contributed by atoms with Gasteiger partial charge in [-0.1, -0.05) is 11.6 Å². The second-order valence-corrected chi connectivity index (χ2v) is 7.74. The molecule has 24 heavy (non-hydrogen) atoms. The standard InChI is InChI=1S/C16H11ClFNO3S2/c1-10-9-23-16(19-10)11-2-4-12(5-3-11)22-24(20,21)13-6-7-15(18)14(17)8-13/h2-9H,1H3. The molecule has 4 nitrogen and oxygen atoms in total. The largest absolute Gasteiger partial charge is 0.379 e. The molecule has 0 bridgehead atoms. The van der Waals surface area contributed by atoms with Crippen LogP contribution in [0.25, 0.3) is 10.6 Å². The predicted octanol–water partition coefficient (Wildman–Crippen LogP) is 4.68. The van der Waals surface area contributed by atoms with Gasteiger partial charge in [-0.05, 0) is 49.4 Å². The topological polar surface area (TPSA) is 56.3 Å². The van der Waals surface area contributed by atoms with Crippen LogP contribution in [0.4, 0.5) is 4.39 Å². The third-order valence-corrected chi connectivity index (χ3v) is 5.65. The summed E-state index contributed by atoms with van der Waals surface area (Å²) in [5.41, 5.74) is 1.79. The zero-order chi connectivity index (χ0) is 17.3. The second-order valence-electron chi connectivity index (χ2n) is 4.93. The Balaban J connectivity index is 1.83. The Labute approximate surface area is 147 Å². The minimum atomic E-state index is -4.09. The average molecular weight is 384 g/mol. The summed E-state index contributed by atoms with van der Waals surface area (Å²) in [4.78, 5) is 4.15. The summed E-state index contributed by atoms with van der Waals surface area (Å²) in [5, 5.41) is 2.49. The van der Waals surface area contributed by atoms with E-state index in [1.807, 2.05) is 12.3 Å². The van der Waals surface area contributed by atoms with Gasteiger partial charge in [0.1, 0.15) is 21.5 Å². The maximum absolute atomic E-state index is 13.1. The van der Waals surface area contributed by atoms with E-state index in [9.17, 15) is 12.8 Å². The molecule has 0 saturated carbocycles. The first-order valence-corrected chi connectivity index (χ1v) is 9.44. The summed E-state index contributed by atoms with van der Waals surface area (Å²) in [5.74, 6) is -0.550. The Morgan fingerprint density at radius 1 is 1.17 bits per heavy atom. The van der Waals surface area contributed by atoms with E-state index in [2.05, 4.69) is 4.98 Å². The van der Waals surface area contributed by atoms with Gasteiger partial charge in [-0.15, -0.1) is 11.3 Å². The molecule has 0 aliphatic rings. The number of thiazole rings is 1. The van der Waals surface area contributed by atoms with Crippen LogP contribution in [0.2, 0.25) is 5.02 Å². The lowest BCUT2D eigenvalue weighted by Gasteiger charge is -2.08. The summed E-state index contributed by atoms with van der Waals surface area (Å²) in [6, 6.07) is 9.61. The van der Waals surface area contributed by atoms with E-state index in [0.29, 0.717) is 0 Å². The highest BCUT2D eigenvalue weighted by Gasteiger charge is 2.18.